The number of aliphatic hydroxyl groups excluding tert-OH is 1. The number of ether oxygens (including phenoxy) is 2. The third-order valence-corrected chi connectivity index (χ3v) is 4.09. The van der Waals surface area contributed by atoms with Crippen LogP contribution in [0, 0.1) is 0 Å². The molecule has 0 saturated carbocycles. The summed E-state index contributed by atoms with van der Waals surface area (Å²) in [5.41, 5.74) is 0.648. The maximum Gasteiger partial charge on any atom is 0.316 e. The number of carbonyl (C=O) groups excluding carboxylic acids is 2. The fourth-order valence-corrected chi connectivity index (χ4v) is 2.52. The first-order valence-corrected chi connectivity index (χ1v) is 8.44. The van der Waals surface area contributed by atoms with Gasteiger partial charge in [0.2, 0.25) is 11.8 Å². The zero-order valence-electron chi connectivity index (χ0n) is 15.6. The van der Waals surface area contributed by atoms with Crippen LogP contribution >= 0.6 is 0 Å². The summed E-state index contributed by atoms with van der Waals surface area (Å²) in [5, 5.41) is 15.0. The maximum atomic E-state index is 12.2. The van der Waals surface area contributed by atoms with Gasteiger partial charge in [-0.25, -0.2) is 9.97 Å². The summed E-state index contributed by atoms with van der Waals surface area (Å²) < 4.78 is 10.2. The minimum atomic E-state index is -0.656. The second kappa shape index (κ2) is 9.95. The molecule has 1 fully saturated rings. The normalized spacial score (nSPS) is 20.6. The Bertz CT molecular complexity index is 664. The van der Waals surface area contributed by atoms with E-state index in [1.165, 1.54) is 25.6 Å². The standard InChI is InChI=1S/C17H25N5O5/c1-22(2)14(8-23)16(25)21-13-10-27-9-12(13)20-15(24)5-4-11-6-18-17(26-3)19-7-11/h4-7,12-14,23H,8-10H2,1-3H3,(H,20,24)(H,21,25)/b5-4+/t12-,13+,14+/m1/s1. The van der Waals surface area contributed by atoms with Gasteiger partial charge >= 0.3 is 6.01 Å². The monoisotopic (exact) mass is 379 g/mol. The minimum absolute atomic E-state index is 0.247. The average molecular weight is 379 g/mol. The molecule has 2 heterocycles. The van der Waals surface area contributed by atoms with Crippen molar-refractivity contribution in [3.05, 3.63) is 24.0 Å². The number of hydrogen-bond donors (Lipinski definition) is 3. The van der Waals surface area contributed by atoms with Crippen LogP contribution < -0.4 is 15.4 Å². The van der Waals surface area contributed by atoms with E-state index in [9.17, 15) is 14.7 Å². The van der Waals surface area contributed by atoms with Gasteiger partial charge in [-0.05, 0) is 20.2 Å². The number of aliphatic hydroxyl groups is 1. The fourth-order valence-electron chi connectivity index (χ4n) is 2.52. The first-order chi connectivity index (χ1) is 12.9. The Morgan fingerprint density at radius 2 is 1.96 bits per heavy atom. The predicted octanol–water partition coefficient (Wildman–Crippen LogP) is -1.58. The number of rotatable bonds is 8. The molecule has 10 nitrogen and oxygen atoms in total. The van der Waals surface area contributed by atoms with Crippen LogP contribution in [-0.4, -0.2) is 90.9 Å². The maximum absolute atomic E-state index is 12.2. The van der Waals surface area contributed by atoms with Gasteiger partial charge in [0.05, 0.1) is 39.0 Å². The van der Waals surface area contributed by atoms with Crippen molar-refractivity contribution < 1.29 is 24.2 Å². The molecule has 10 heteroatoms. The Hall–Kier alpha value is -2.56. The lowest BCUT2D eigenvalue weighted by molar-refractivity contribution is -0.128. The second-order valence-corrected chi connectivity index (χ2v) is 6.27. The summed E-state index contributed by atoms with van der Waals surface area (Å²) in [6, 6.07) is -1.14. The summed E-state index contributed by atoms with van der Waals surface area (Å²) in [6.07, 6.45) is 6.01. The van der Waals surface area contributed by atoms with Crippen molar-refractivity contribution in [2.45, 2.75) is 18.1 Å². The predicted molar refractivity (Wildman–Crippen MR) is 96.9 cm³/mol. The first-order valence-electron chi connectivity index (χ1n) is 8.44. The number of hydrogen-bond acceptors (Lipinski definition) is 8. The first kappa shape index (κ1) is 20.7. The third-order valence-electron chi connectivity index (χ3n) is 4.09. The number of methoxy groups -OCH3 is 1. The highest BCUT2D eigenvalue weighted by atomic mass is 16.5. The number of carbonyl (C=O) groups is 2. The highest BCUT2D eigenvalue weighted by Gasteiger charge is 2.32. The van der Waals surface area contributed by atoms with E-state index in [1.807, 2.05) is 0 Å². The molecule has 2 amide bonds. The zero-order valence-corrected chi connectivity index (χ0v) is 15.6. The summed E-state index contributed by atoms with van der Waals surface area (Å²) in [4.78, 5) is 33.9. The molecule has 27 heavy (non-hydrogen) atoms. The Morgan fingerprint density at radius 3 is 2.52 bits per heavy atom. The topological polar surface area (TPSA) is 126 Å². The van der Waals surface area contributed by atoms with Gasteiger partial charge in [0.15, 0.2) is 0 Å². The van der Waals surface area contributed by atoms with E-state index < -0.39 is 6.04 Å². The van der Waals surface area contributed by atoms with Gasteiger partial charge in [-0.2, -0.15) is 0 Å². The van der Waals surface area contributed by atoms with E-state index >= 15 is 0 Å². The molecule has 2 rings (SSSR count). The van der Waals surface area contributed by atoms with Gasteiger partial charge in [0.25, 0.3) is 0 Å². The molecule has 3 N–H and O–H groups in total. The van der Waals surface area contributed by atoms with Crippen molar-refractivity contribution >= 4 is 17.9 Å². The van der Waals surface area contributed by atoms with Crippen molar-refractivity contribution in [3.8, 4) is 6.01 Å². The van der Waals surface area contributed by atoms with Crippen LogP contribution in [0.5, 0.6) is 6.01 Å². The van der Waals surface area contributed by atoms with Crippen LogP contribution in [-0.2, 0) is 14.3 Å². The molecule has 148 valence electrons. The van der Waals surface area contributed by atoms with Gasteiger partial charge in [-0.3, -0.25) is 14.5 Å². The smallest absolute Gasteiger partial charge is 0.316 e. The van der Waals surface area contributed by atoms with Crippen LogP contribution in [0.25, 0.3) is 6.08 Å². The molecule has 1 aliphatic heterocycles. The minimum Gasteiger partial charge on any atom is -0.467 e. The second-order valence-electron chi connectivity index (χ2n) is 6.27. The van der Waals surface area contributed by atoms with Gasteiger partial charge in [-0.1, -0.05) is 0 Å². The van der Waals surface area contributed by atoms with Crippen molar-refractivity contribution in [3.63, 3.8) is 0 Å². The molecule has 0 radical (unpaired) electrons. The van der Waals surface area contributed by atoms with Crippen molar-refractivity contribution in [1.29, 1.82) is 0 Å². The lowest BCUT2D eigenvalue weighted by Crippen LogP contribution is -2.55. The molecular weight excluding hydrogens is 354 g/mol. The van der Waals surface area contributed by atoms with E-state index in [0.717, 1.165) is 0 Å². The molecule has 1 saturated heterocycles. The molecule has 1 aliphatic rings. The fraction of sp³-hybridized carbons (Fsp3) is 0.529. The van der Waals surface area contributed by atoms with Gasteiger partial charge in [0.1, 0.15) is 6.04 Å². The number of nitrogens with zero attached hydrogens (tertiary/aromatic N) is 3. The van der Waals surface area contributed by atoms with Gasteiger partial charge in [-0.15, -0.1) is 0 Å². The molecular formula is C17H25N5O5. The summed E-state index contributed by atoms with van der Waals surface area (Å²) in [7, 11) is 4.88. The van der Waals surface area contributed by atoms with Gasteiger partial charge < -0.3 is 25.2 Å². The molecule has 3 atom stereocenters. The van der Waals surface area contributed by atoms with Crippen LogP contribution in [0.15, 0.2) is 18.5 Å². The number of likely N-dealkylation sites (N-methyl/N-ethyl adjacent to an activating group) is 1. The third kappa shape index (κ3) is 5.98. The Labute approximate surface area is 157 Å². The molecule has 0 bridgehead atoms. The molecule has 1 aromatic heterocycles. The Kier molecular flexibility index (Phi) is 7.65. The lowest BCUT2D eigenvalue weighted by Gasteiger charge is -2.25. The van der Waals surface area contributed by atoms with Gasteiger partial charge in [0, 0.05) is 24.0 Å². The molecule has 0 aromatic carbocycles. The van der Waals surface area contributed by atoms with Crippen LogP contribution in [0.1, 0.15) is 5.56 Å². The Morgan fingerprint density at radius 1 is 1.33 bits per heavy atom. The summed E-state index contributed by atoms with van der Waals surface area (Å²) in [5.74, 6) is -0.643. The van der Waals surface area contributed by atoms with E-state index in [4.69, 9.17) is 9.47 Å². The summed E-state index contributed by atoms with van der Waals surface area (Å²) in [6.45, 7) is 0.288. The highest BCUT2D eigenvalue weighted by Crippen LogP contribution is 2.08. The van der Waals surface area contributed by atoms with Crippen LogP contribution in [0.3, 0.4) is 0 Å². The van der Waals surface area contributed by atoms with Crippen molar-refractivity contribution in [1.82, 2.24) is 25.5 Å². The van der Waals surface area contributed by atoms with Crippen molar-refractivity contribution in [2.24, 2.45) is 0 Å². The highest BCUT2D eigenvalue weighted by molar-refractivity contribution is 5.92. The lowest BCUT2D eigenvalue weighted by atomic mass is 10.1. The quantitative estimate of drug-likeness (QED) is 0.462. The zero-order chi connectivity index (χ0) is 19.8. The summed E-state index contributed by atoms with van der Waals surface area (Å²) >= 11 is 0. The van der Waals surface area contributed by atoms with Crippen molar-refractivity contribution in [2.75, 3.05) is 41.0 Å². The molecule has 0 unspecified atom stereocenters. The van der Waals surface area contributed by atoms with E-state index in [1.54, 1.807) is 25.1 Å². The largest absolute Gasteiger partial charge is 0.467 e. The average Bonchev–Trinajstić information content (AvgIpc) is 3.07. The van der Waals surface area contributed by atoms with E-state index in [-0.39, 0.29) is 43.1 Å². The number of nitrogens with one attached hydrogen (secondary N) is 2. The molecule has 1 aromatic rings. The van der Waals surface area contributed by atoms with Crippen LogP contribution in [0.2, 0.25) is 0 Å². The van der Waals surface area contributed by atoms with E-state index in [2.05, 4.69) is 20.6 Å². The Balaban J connectivity index is 1.89. The molecule has 0 aliphatic carbocycles. The van der Waals surface area contributed by atoms with Crippen LogP contribution in [0.4, 0.5) is 0 Å². The SMILES string of the molecule is COc1ncc(/C=C/C(=O)N[C@@H]2COC[C@@H]2NC(=O)[C@H](CO)N(C)C)cn1. The number of aromatic nitrogens is 2. The molecule has 0 spiro atoms. The number of amides is 2. The van der Waals surface area contributed by atoms with E-state index in [0.29, 0.717) is 12.2 Å².